The van der Waals surface area contributed by atoms with Crippen molar-refractivity contribution >= 4 is 21.9 Å². The van der Waals surface area contributed by atoms with Gasteiger partial charge < -0.3 is 9.30 Å². The molecule has 0 saturated carbocycles. The van der Waals surface area contributed by atoms with Crippen molar-refractivity contribution in [2.24, 2.45) is 7.05 Å². The minimum absolute atomic E-state index is 0.0589. The summed E-state index contributed by atoms with van der Waals surface area (Å²) in [5.41, 5.74) is 0.134. The van der Waals surface area contributed by atoms with Crippen LogP contribution < -0.4 is 11.2 Å². The lowest BCUT2D eigenvalue weighted by Crippen LogP contribution is -2.39. The summed E-state index contributed by atoms with van der Waals surface area (Å²) in [6, 6.07) is 0. The van der Waals surface area contributed by atoms with Crippen LogP contribution in [0.5, 0.6) is 0 Å². The molecule has 24 heavy (non-hydrogen) atoms. The molecule has 0 N–H and O–H groups in total. The fourth-order valence-electron chi connectivity index (χ4n) is 2.66. The van der Waals surface area contributed by atoms with Crippen LogP contribution in [0.3, 0.4) is 0 Å². The summed E-state index contributed by atoms with van der Waals surface area (Å²) < 4.78 is 7.94. The van der Waals surface area contributed by atoms with Crippen LogP contribution in [0, 0.1) is 6.92 Å². The highest BCUT2D eigenvalue weighted by atomic mass is 79.9. The number of carbonyl (C=O) groups is 1. The minimum atomic E-state index is -0.257. The Hall–Kier alpha value is -1.37. The second-order valence-electron chi connectivity index (χ2n) is 6.10. The highest BCUT2D eigenvalue weighted by Gasteiger charge is 2.10. The smallest absolute Gasteiger partial charge is 0.330 e. The van der Waals surface area contributed by atoms with Crippen LogP contribution in [-0.2, 0) is 23.1 Å². The maximum atomic E-state index is 12.0. The van der Waals surface area contributed by atoms with E-state index in [-0.39, 0.29) is 23.3 Å². The fraction of sp³-hybridized carbons (Fsp3) is 0.706. The molecule has 0 radical (unpaired) electrons. The van der Waals surface area contributed by atoms with Gasteiger partial charge in [0.05, 0.1) is 0 Å². The zero-order chi connectivity index (χ0) is 18.1. The first-order valence-corrected chi connectivity index (χ1v) is 9.49. The first-order valence-electron chi connectivity index (χ1n) is 8.37. The average molecular weight is 403 g/mol. The Morgan fingerprint density at radius 2 is 1.83 bits per heavy atom. The van der Waals surface area contributed by atoms with Crippen LogP contribution in [0.2, 0.25) is 0 Å². The molecule has 136 valence electrons. The van der Waals surface area contributed by atoms with Gasteiger partial charge in [-0.1, -0.05) is 35.2 Å². The standard InChI is InChI=1S/C17H27BrN2O4/c1-13-12-19(3)17(23)20(16(13)22)10-8-6-4-5-7-9-15(11-18)24-14(2)21/h12,15H,4-11H2,1-3H3/t15-/m1/s1. The highest BCUT2D eigenvalue weighted by molar-refractivity contribution is 9.09. The van der Waals surface area contributed by atoms with E-state index < -0.39 is 0 Å². The van der Waals surface area contributed by atoms with Crippen LogP contribution in [0.25, 0.3) is 0 Å². The first-order chi connectivity index (χ1) is 11.4. The Kier molecular flexibility index (Phi) is 9.03. The molecule has 1 aromatic heterocycles. The fourth-order valence-corrected chi connectivity index (χ4v) is 3.12. The summed E-state index contributed by atoms with van der Waals surface area (Å²) in [4.78, 5) is 34.9. The number of hydrogen-bond acceptors (Lipinski definition) is 4. The molecule has 7 heteroatoms. The van der Waals surface area contributed by atoms with E-state index in [0.717, 1.165) is 38.5 Å². The molecule has 0 unspecified atom stereocenters. The lowest BCUT2D eigenvalue weighted by molar-refractivity contribution is -0.145. The van der Waals surface area contributed by atoms with Crippen molar-refractivity contribution in [2.45, 2.75) is 65.0 Å². The molecule has 0 aliphatic carbocycles. The maximum Gasteiger partial charge on any atom is 0.330 e. The topological polar surface area (TPSA) is 70.3 Å². The number of ether oxygens (including phenoxy) is 1. The van der Waals surface area contributed by atoms with Crippen molar-refractivity contribution in [2.75, 3.05) is 5.33 Å². The zero-order valence-corrected chi connectivity index (χ0v) is 16.3. The number of nitrogens with zero attached hydrogens (tertiary/aromatic N) is 2. The number of halogens is 1. The van der Waals surface area contributed by atoms with E-state index in [4.69, 9.17) is 4.74 Å². The van der Waals surface area contributed by atoms with E-state index in [2.05, 4.69) is 15.9 Å². The monoisotopic (exact) mass is 402 g/mol. The molecule has 0 spiro atoms. The van der Waals surface area contributed by atoms with E-state index in [1.165, 1.54) is 16.1 Å². The van der Waals surface area contributed by atoms with E-state index in [1.807, 2.05) is 0 Å². The lowest BCUT2D eigenvalue weighted by atomic mass is 10.1. The van der Waals surface area contributed by atoms with Gasteiger partial charge in [0.25, 0.3) is 5.56 Å². The van der Waals surface area contributed by atoms with Crippen molar-refractivity contribution in [1.29, 1.82) is 0 Å². The van der Waals surface area contributed by atoms with E-state index >= 15 is 0 Å². The molecule has 1 atom stereocenters. The van der Waals surface area contributed by atoms with Gasteiger partial charge in [-0.15, -0.1) is 0 Å². The van der Waals surface area contributed by atoms with Crippen LogP contribution in [0.4, 0.5) is 0 Å². The van der Waals surface area contributed by atoms with Gasteiger partial charge in [0, 0.05) is 37.6 Å². The number of esters is 1. The van der Waals surface area contributed by atoms with Gasteiger partial charge in [-0.3, -0.25) is 14.2 Å². The molecule has 1 heterocycles. The molecule has 1 aromatic rings. The van der Waals surface area contributed by atoms with Crippen molar-refractivity contribution in [3.63, 3.8) is 0 Å². The van der Waals surface area contributed by atoms with Crippen molar-refractivity contribution in [3.8, 4) is 0 Å². The quantitative estimate of drug-likeness (QED) is 0.342. The third-order valence-corrected chi connectivity index (χ3v) is 4.64. The second-order valence-corrected chi connectivity index (χ2v) is 6.75. The molecule has 0 amide bonds. The summed E-state index contributed by atoms with van der Waals surface area (Å²) in [7, 11) is 1.66. The molecule has 0 bridgehead atoms. The van der Waals surface area contributed by atoms with Crippen LogP contribution in [-0.4, -0.2) is 26.5 Å². The SMILES string of the molecule is CC(=O)O[C@@H](CBr)CCCCCCCn1c(=O)c(C)cn(C)c1=O. The van der Waals surface area contributed by atoms with Gasteiger partial charge in [-0.2, -0.15) is 0 Å². The maximum absolute atomic E-state index is 12.0. The van der Waals surface area contributed by atoms with Gasteiger partial charge in [-0.05, 0) is 26.2 Å². The Morgan fingerprint density at radius 3 is 2.46 bits per heavy atom. The van der Waals surface area contributed by atoms with E-state index in [9.17, 15) is 14.4 Å². The number of aryl methyl sites for hydroxylation is 2. The van der Waals surface area contributed by atoms with E-state index in [1.54, 1.807) is 20.2 Å². The second kappa shape index (κ2) is 10.5. The number of aromatic nitrogens is 2. The average Bonchev–Trinajstić information content (AvgIpc) is 2.53. The molecule has 6 nitrogen and oxygen atoms in total. The van der Waals surface area contributed by atoms with E-state index in [0.29, 0.717) is 17.4 Å². The van der Waals surface area contributed by atoms with Gasteiger partial charge in [0.1, 0.15) is 6.10 Å². The first kappa shape index (κ1) is 20.7. The predicted octanol–water partition coefficient (Wildman–Crippen LogP) is 2.52. The van der Waals surface area contributed by atoms with Gasteiger partial charge in [0.2, 0.25) is 0 Å². The van der Waals surface area contributed by atoms with Crippen LogP contribution in [0.15, 0.2) is 15.8 Å². The number of carbonyl (C=O) groups excluding carboxylic acids is 1. The minimum Gasteiger partial charge on any atom is -0.462 e. The summed E-state index contributed by atoms with van der Waals surface area (Å²) in [5, 5.41) is 0.659. The molecule has 0 saturated heterocycles. The van der Waals surface area contributed by atoms with Gasteiger partial charge in [-0.25, -0.2) is 4.79 Å². The highest BCUT2D eigenvalue weighted by Crippen LogP contribution is 2.11. The van der Waals surface area contributed by atoms with Crippen LogP contribution >= 0.6 is 15.9 Å². The third-order valence-electron chi connectivity index (χ3n) is 3.91. The van der Waals surface area contributed by atoms with Crippen molar-refractivity contribution in [3.05, 3.63) is 32.6 Å². The zero-order valence-electron chi connectivity index (χ0n) is 14.7. The van der Waals surface area contributed by atoms with Crippen molar-refractivity contribution < 1.29 is 9.53 Å². The van der Waals surface area contributed by atoms with Crippen molar-refractivity contribution in [1.82, 2.24) is 9.13 Å². The Bertz CT molecular complexity index is 617. The summed E-state index contributed by atoms with van der Waals surface area (Å²) >= 11 is 3.35. The van der Waals surface area contributed by atoms with Gasteiger partial charge >= 0.3 is 11.7 Å². The summed E-state index contributed by atoms with van der Waals surface area (Å²) in [5.74, 6) is -0.246. The molecular weight excluding hydrogens is 376 g/mol. The predicted molar refractivity (Wildman–Crippen MR) is 97.7 cm³/mol. The molecule has 0 aromatic carbocycles. The Morgan fingerprint density at radius 1 is 1.21 bits per heavy atom. The van der Waals surface area contributed by atoms with Crippen LogP contribution in [0.1, 0.15) is 51.0 Å². The molecule has 0 aliphatic rings. The largest absolute Gasteiger partial charge is 0.462 e. The summed E-state index contributed by atoms with van der Waals surface area (Å²) in [6.07, 6.45) is 7.22. The van der Waals surface area contributed by atoms with Gasteiger partial charge in [0.15, 0.2) is 0 Å². The lowest BCUT2D eigenvalue weighted by Gasteiger charge is -2.13. The Balaban J connectivity index is 2.29. The molecular formula is C17H27BrN2O4. The Labute approximate surface area is 151 Å². The normalized spacial score (nSPS) is 12.2. The third kappa shape index (κ3) is 6.63. The molecule has 1 rings (SSSR count). The molecule has 0 aliphatic heterocycles. The number of alkyl halides is 1. The number of unbranched alkanes of at least 4 members (excludes halogenated alkanes) is 4. The molecule has 0 fully saturated rings. The summed E-state index contributed by atoms with van der Waals surface area (Å²) in [6.45, 7) is 3.61. The number of hydrogen-bond donors (Lipinski definition) is 0. The number of rotatable bonds is 10.